The third-order valence-electron chi connectivity index (χ3n) is 3.54. The zero-order valence-electron chi connectivity index (χ0n) is 13.1. The van der Waals surface area contributed by atoms with Crippen LogP contribution in [0.4, 0.5) is 22.0 Å². The SMILES string of the molecule is CC(C)c1nn(CC(=O)O)c(=O)c2ccc(C(F)(F)C(F)(F)F)cc12. The molecule has 0 atom stereocenters. The van der Waals surface area contributed by atoms with E-state index < -0.39 is 41.7 Å². The van der Waals surface area contributed by atoms with Gasteiger partial charge in [-0.1, -0.05) is 19.9 Å². The number of benzene rings is 1. The van der Waals surface area contributed by atoms with Crippen LogP contribution in [0.3, 0.4) is 0 Å². The third-order valence-corrected chi connectivity index (χ3v) is 3.54. The van der Waals surface area contributed by atoms with E-state index in [-0.39, 0.29) is 16.5 Å². The number of aromatic nitrogens is 2. The predicted octanol–water partition coefficient (Wildman–Crippen LogP) is 3.26. The lowest BCUT2D eigenvalue weighted by Gasteiger charge is -2.21. The number of fused-ring (bicyclic) bond motifs is 1. The van der Waals surface area contributed by atoms with E-state index in [4.69, 9.17) is 5.11 Å². The van der Waals surface area contributed by atoms with Crippen LogP contribution >= 0.6 is 0 Å². The quantitative estimate of drug-likeness (QED) is 0.846. The number of rotatable bonds is 4. The van der Waals surface area contributed by atoms with Gasteiger partial charge in [0.1, 0.15) is 6.54 Å². The van der Waals surface area contributed by atoms with E-state index in [1.807, 2.05) is 0 Å². The van der Waals surface area contributed by atoms with Crippen LogP contribution in [0.5, 0.6) is 0 Å². The van der Waals surface area contributed by atoms with Gasteiger partial charge >= 0.3 is 18.1 Å². The van der Waals surface area contributed by atoms with Gasteiger partial charge in [0.15, 0.2) is 0 Å². The van der Waals surface area contributed by atoms with E-state index in [1.165, 1.54) is 0 Å². The number of aliphatic carboxylic acids is 1. The van der Waals surface area contributed by atoms with E-state index in [2.05, 4.69) is 5.10 Å². The van der Waals surface area contributed by atoms with Crippen molar-refractivity contribution in [2.24, 2.45) is 0 Å². The zero-order valence-corrected chi connectivity index (χ0v) is 13.1. The van der Waals surface area contributed by atoms with Gasteiger partial charge < -0.3 is 5.11 Å². The van der Waals surface area contributed by atoms with Gasteiger partial charge in [-0.3, -0.25) is 9.59 Å². The van der Waals surface area contributed by atoms with Crippen LogP contribution in [0.15, 0.2) is 23.0 Å². The van der Waals surface area contributed by atoms with Crippen molar-refractivity contribution >= 4 is 16.7 Å². The molecule has 0 unspecified atom stereocenters. The lowest BCUT2D eigenvalue weighted by Crippen LogP contribution is -2.34. The Morgan fingerprint density at radius 3 is 2.28 bits per heavy atom. The highest BCUT2D eigenvalue weighted by molar-refractivity contribution is 5.85. The van der Waals surface area contributed by atoms with E-state index in [0.717, 1.165) is 6.07 Å². The monoisotopic (exact) mass is 364 g/mol. The van der Waals surface area contributed by atoms with Crippen LogP contribution in [0.2, 0.25) is 0 Å². The number of carbonyl (C=O) groups is 1. The highest BCUT2D eigenvalue weighted by atomic mass is 19.4. The van der Waals surface area contributed by atoms with Crippen molar-refractivity contribution in [2.75, 3.05) is 0 Å². The molecule has 5 nitrogen and oxygen atoms in total. The lowest BCUT2D eigenvalue weighted by atomic mass is 9.98. The van der Waals surface area contributed by atoms with Crippen molar-refractivity contribution in [3.8, 4) is 0 Å². The van der Waals surface area contributed by atoms with Crippen molar-refractivity contribution in [3.63, 3.8) is 0 Å². The predicted molar refractivity (Wildman–Crippen MR) is 77.7 cm³/mol. The summed E-state index contributed by atoms with van der Waals surface area (Å²) in [6.45, 7) is 2.42. The number of halogens is 5. The summed E-state index contributed by atoms with van der Waals surface area (Å²) < 4.78 is 65.5. The first-order valence-electron chi connectivity index (χ1n) is 7.08. The summed E-state index contributed by atoms with van der Waals surface area (Å²) in [5.41, 5.74) is -2.15. The number of hydrogen-bond donors (Lipinski definition) is 1. The molecule has 0 saturated carbocycles. The molecule has 0 aliphatic carbocycles. The number of carboxylic acid groups (broad SMARTS) is 1. The molecular weight excluding hydrogens is 351 g/mol. The van der Waals surface area contributed by atoms with Gasteiger partial charge in [0, 0.05) is 10.9 Å². The second kappa shape index (κ2) is 6.08. The van der Waals surface area contributed by atoms with Crippen molar-refractivity contribution in [1.82, 2.24) is 9.78 Å². The van der Waals surface area contributed by atoms with E-state index in [0.29, 0.717) is 16.8 Å². The molecule has 2 rings (SSSR count). The van der Waals surface area contributed by atoms with Gasteiger partial charge in [-0.15, -0.1) is 0 Å². The zero-order chi connectivity index (χ0) is 19.2. The first kappa shape index (κ1) is 18.8. The molecular formula is C15H13F5N2O3. The summed E-state index contributed by atoms with van der Waals surface area (Å²) in [7, 11) is 0. The molecule has 0 fully saturated rings. The molecule has 1 heterocycles. The van der Waals surface area contributed by atoms with Gasteiger partial charge in [0.05, 0.1) is 11.1 Å². The van der Waals surface area contributed by atoms with Gasteiger partial charge in [-0.25, -0.2) is 4.68 Å². The van der Waals surface area contributed by atoms with Crippen LogP contribution < -0.4 is 5.56 Å². The Balaban J connectivity index is 2.80. The maximum Gasteiger partial charge on any atom is 0.458 e. The topological polar surface area (TPSA) is 72.2 Å². The third kappa shape index (κ3) is 3.33. The Morgan fingerprint density at radius 2 is 1.80 bits per heavy atom. The van der Waals surface area contributed by atoms with Crippen LogP contribution in [-0.4, -0.2) is 27.0 Å². The number of hydrogen-bond acceptors (Lipinski definition) is 3. The minimum atomic E-state index is -5.79. The van der Waals surface area contributed by atoms with Crippen LogP contribution in [-0.2, 0) is 17.3 Å². The fourth-order valence-electron chi connectivity index (χ4n) is 2.33. The largest absolute Gasteiger partial charge is 0.480 e. The number of carboxylic acids is 1. The molecule has 0 spiro atoms. The molecule has 2 aromatic rings. The Labute approximate surface area is 137 Å². The first-order chi connectivity index (χ1) is 11.4. The molecule has 1 aromatic carbocycles. The van der Waals surface area contributed by atoms with Crippen LogP contribution in [0.25, 0.3) is 10.8 Å². The molecule has 136 valence electrons. The normalized spacial score (nSPS) is 12.8. The summed E-state index contributed by atoms with van der Waals surface area (Å²) in [6.07, 6.45) is -5.79. The van der Waals surface area contributed by atoms with Crippen LogP contribution in [0.1, 0.15) is 31.0 Å². The molecule has 25 heavy (non-hydrogen) atoms. The molecule has 0 saturated heterocycles. The molecule has 0 radical (unpaired) electrons. The fourth-order valence-corrected chi connectivity index (χ4v) is 2.33. The smallest absolute Gasteiger partial charge is 0.458 e. The number of nitrogens with zero attached hydrogens (tertiary/aromatic N) is 2. The summed E-state index contributed by atoms with van der Waals surface area (Å²) in [5, 5.41) is 12.3. The highest BCUT2D eigenvalue weighted by Gasteiger charge is 2.58. The Morgan fingerprint density at radius 1 is 1.20 bits per heavy atom. The average molecular weight is 364 g/mol. The lowest BCUT2D eigenvalue weighted by molar-refractivity contribution is -0.289. The van der Waals surface area contributed by atoms with Crippen molar-refractivity contribution in [2.45, 2.75) is 38.4 Å². The standard InChI is InChI=1S/C15H13F5N2O3/c1-7(2)12-10-5-8(14(16,17)15(18,19)20)3-4-9(10)13(25)22(21-12)6-11(23)24/h3-5,7H,6H2,1-2H3,(H,23,24). The Bertz CT molecular complexity index is 887. The maximum atomic E-state index is 13.6. The van der Waals surface area contributed by atoms with E-state index in [9.17, 15) is 31.5 Å². The van der Waals surface area contributed by atoms with Crippen molar-refractivity contribution in [1.29, 1.82) is 0 Å². The maximum absolute atomic E-state index is 13.6. The van der Waals surface area contributed by atoms with Gasteiger partial charge in [-0.05, 0) is 18.1 Å². The van der Waals surface area contributed by atoms with Gasteiger partial charge in [0.25, 0.3) is 5.56 Å². The molecule has 0 aliphatic rings. The summed E-state index contributed by atoms with van der Waals surface area (Å²) >= 11 is 0. The molecule has 1 aromatic heterocycles. The summed E-state index contributed by atoms with van der Waals surface area (Å²) in [6, 6.07) is 1.92. The summed E-state index contributed by atoms with van der Waals surface area (Å²) in [4.78, 5) is 23.0. The summed E-state index contributed by atoms with van der Waals surface area (Å²) in [5.74, 6) is -6.88. The molecule has 0 bridgehead atoms. The highest BCUT2D eigenvalue weighted by Crippen LogP contribution is 2.44. The Kier molecular flexibility index (Phi) is 4.58. The van der Waals surface area contributed by atoms with Crippen molar-refractivity contribution in [3.05, 3.63) is 39.8 Å². The van der Waals surface area contributed by atoms with Gasteiger partial charge in [-0.2, -0.15) is 27.1 Å². The van der Waals surface area contributed by atoms with E-state index in [1.54, 1.807) is 13.8 Å². The van der Waals surface area contributed by atoms with Crippen molar-refractivity contribution < 1.29 is 31.9 Å². The van der Waals surface area contributed by atoms with Gasteiger partial charge in [0.2, 0.25) is 0 Å². The molecule has 1 N–H and O–H groups in total. The minimum Gasteiger partial charge on any atom is -0.480 e. The average Bonchev–Trinajstić information content (AvgIpc) is 2.47. The minimum absolute atomic E-state index is 0.0516. The Hall–Kier alpha value is -2.52. The molecule has 10 heteroatoms. The molecule has 0 amide bonds. The first-order valence-corrected chi connectivity index (χ1v) is 7.08. The number of alkyl halides is 5. The fraction of sp³-hybridized carbons (Fsp3) is 0.400. The molecule has 0 aliphatic heterocycles. The van der Waals surface area contributed by atoms with Crippen LogP contribution in [0, 0.1) is 0 Å². The second-order valence-corrected chi connectivity index (χ2v) is 5.73. The van der Waals surface area contributed by atoms with E-state index >= 15 is 0 Å². The second-order valence-electron chi connectivity index (χ2n) is 5.73.